The zero-order valence-electron chi connectivity index (χ0n) is 8.82. The van der Waals surface area contributed by atoms with Gasteiger partial charge in [-0.2, -0.15) is 0 Å². The Morgan fingerprint density at radius 3 is 2.94 bits per heavy atom. The summed E-state index contributed by atoms with van der Waals surface area (Å²) >= 11 is 0. The second-order valence-electron chi connectivity index (χ2n) is 3.42. The number of hydrogen-bond donors (Lipinski definition) is 3. The molecule has 1 amide bonds. The summed E-state index contributed by atoms with van der Waals surface area (Å²) in [6, 6.07) is 6.15. The smallest absolute Gasteiger partial charge is 0.250 e. The largest absolute Gasteiger partial charge is 0.382 e. The standard InChI is InChI=1S/C11H15FN2O2/c12-9-3-1-2-8(6-9)4-5-14-11(16)10(15)7-13/h1-3,6,10,15H,4-5,7,13H2,(H,14,16). The van der Waals surface area contributed by atoms with Crippen LogP contribution >= 0.6 is 0 Å². The molecule has 0 fully saturated rings. The molecule has 0 aromatic heterocycles. The summed E-state index contributed by atoms with van der Waals surface area (Å²) in [7, 11) is 0. The van der Waals surface area contributed by atoms with Gasteiger partial charge in [0.1, 0.15) is 11.9 Å². The molecule has 1 aromatic carbocycles. The van der Waals surface area contributed by atoms with E-state index in [1.165, 1.54) is 12.1 Å². The second kappa shape index (κ2) is 6.19. The van der Waals surface area contributed by atoms with Crippen LogP contribution in [0.25, 0.3) is 0 Å². The van der Waals surface area contributed by atoms with Crippen LogP contribution in [-0.2, 0) is 11.2 Å². The molecule has 0 aliphatic carbocycles. The Morgan fingerprint density at radius 1 is 1.56 bits per heavy atom. The van der Waals surface area contributed by atoms with Gasteiger partial charge in [-0.25, -0.2) is 4.39 Å². The number of aliphatic hydroxyl groups excluding tert-OH is 1. The summed E-state index contributed by atoms with van der Waals surface area (Å²) in [5, 5.41) is 11.6. The fourth-order valence-corrected chi connectivity index (χ4v) is 1.25. The van der Waals surface area contributed by atoms with Gasteiger partial charge in [0.25, 0.3) is 0 Å². The van der Waals surface area contributed by atoms with Gasteiger partial charge >= 0.3 is 0 Å². The van der Waals surface area contributed by atoms with E-state index in [4.69, 9.17) is 10.8 Å². The van der Waals surface area contributed by atoms with Crippen LogP contribution < -0.4 is 11.1 Å². The van der Waals surface area contributed by atoms with Gasteiger partial charge in [0.15, 0.2) is 0 Å². The normalized spacial score (nSPS) is 12.2. The number of nitrogens with two attached hydrogens (primary N) is 1. The average Bonchev–Trinajstić information content (AvgIpc) is 2.28. The minimum Gasteiger partial charge on any atom is -0.382 e. The highest BCUT2D eigenvalue weighted by Gasteiger charge is 2.11. The average molecular weight is 226 g/mol. The van der Waals surface area contributed by atoms with E-state index in [0.717, 1.165) is 5.56 Å². The lowest BCUT2D eigenvalue weighted by Crippen LogP contribution is -2.39. The van der Waals surface area contributed by atoms with Crippen LogP contribution in [0.15, 0.2) is 24.3 Å². The molecule has 0 saturated carbocycles. The zero-order chi connectivity index (χ0) is 12.0. The van der Waals surface area contributed by atoms with Crippen molar-refractivity contribution in [3.05, 3.63) is 35.6 Å². The number of amides is 1. The van der Waals surface area contributed by atoms with Gasteiger partial charge < -0.3 is 16.2 Å². The van der Waals surface area contributed by atoms with Crippen LogP contribution in [0.1, 0.15) is 5.56 Å². The van der Waals surface area contributed by atoms with Crippen molar-refractivity contribution >= 4 is 5.91 Å². The van der Waals surface area contributed by atoms with Crippen LogP contribution in [-0.4, -0.2) is 30.2 Å². The quantitative estimate of drug-likeness (QED) is 0.651. The van der Waals surface area contributed by atoms with Crippen molar-refractivity contribution in [1.29, 1.82) is 0 Å². The monoisotopic (exact) mass is 226 g/mol. The number of benzene rings is 1. The van der Waals surface area contributed by atoms with Crippen LogP contribution in [0.5, 0.6) is 0 Å². The van der Waals surface area contributed by atoms with E-state index < -0.39 is 12.0 Å². The predicted molar refractivity (Wildman–Crippen MR) is 58.2 cm³/mol. The molecule has 1 atom stereocenters. The first-order valence-electron chi connectivity index (χ1n) is 5.03. The van der Waals surface area contributed by atoms with Crippen LogP contribution in [0, 0.1) is 5.82 Å². The minimum atomic E-state index is -1.17. The summed E-state index contributed by atoms with van der Waals surface area (Å²) in [5.74, 6) is -0.801. The van der Waals surface area contributed by atoms with Gasteiger partial charge in [0.05, 0.1) is 0 Å². The van der Waals surface area contributed by atoms with E-state index in [0.29, 0.717) is 13.0 Å². The lowest BCUT2D eigenvalue weighted by atomic mass is 10.1. The van der Waals surface area contributed by atoms with Crippen molar-refractivity contribution in [2.45, 2.75) is 12.5 Å². The van der Waals surface area contributed by atoms with Gasteiger partial charge in [-0.3, -0.25) is 4.79 Å². The number of hydrogen-bond acceptors (Lipinski definition) is 3. The zero-order valence-corrected chi connectivity index (χ0v) is 8.82. The van der Waals surface area contributed by atoms with Crippen molar-refractivity contribution < 1.29 is 14.3 Å². The molecule has 0 radical (unpaired) electrons. The lowest BCUT2D eigenvalue weighted by molar-refractivity contribution is -0.128. The second-order valence-corrected chi connectivity index (χ2v) is 3.42. The number of carbonyl (C=O) groups excluding carboxylic acids is 1. The highest BCUT2D eigenvalue weighted by Crippen LogP contribution is 2.03. The molecule has 4 nitrogen and oxygen atoms in total. The molecule has 4 N–H and O–H groups in total. The Kier molecular flexibility index (Phi) is 4.88. The van der Waals surface area contributed by atoms with E-state index in [1.807, 2.05) is 0 Å². The van der Waals surface area contributed by atoms with Gasteiger partial charge in [0.2, 0.25) is 5.91 Å². The minimum absolute atomic E-state index is 0.105. The predicted octanol–water partition coefficient (Wildman–Crippen LogP) is -0.196. The molecule has 0 saturated heterocycles. The summed E-state index contributed by atoms with van der Waals surface area (Å²) in [4.78, 5) is 11.1. The number of aliphatic hydroxyl groups is 1. The number of carbonyl (C=O) groups is 1. The first kappa shape index (κ1) is 12.6. The fraction of sp³-hybridized carbons (Fsp3) is 0.364. The molecule has 0 aliphatic rings. The van der Waals surface area contributed by atoms with E-state index in [2.05, 4.69) is 5.32 Å². The molecule has 0 heterocycles. The van der Waals surface area contributed by atoms with Gasteiger partial charge in [-0.1, -0.05) is 12.1 Å². The molecular weight excluding hydrogens is 211 g/mol. The maximum Gasteiger partial charge on any atom is 0.250 e. The molecule has 1 aromatic rings. The first-order valence-corrected chi connectivity index (χ1v) is 5.03. The third-order valence-corrected chi connectivity index (χ3v) is 2.13. The number of rotatable bonds is 5. The molecule has 0 spiro atoms. The Balaban J connectivity index is 2.33. The highest BCUT2D eigenvalue weighted by atomic mass is 19.1. The number of halogens is 1. The van der Waals surface area contributed by atoms with Gasteiger partial charge in [-0.15, -0.1) is 0 Å². The number of nitrogens with one attached hydrogen (secondary N) is 1. The molecule has 5 heteroatoms. The maximum absolute atomic E-state index is 12.8. The molecular formula is C11H15FN2O2. The lowest BCUT2D eigenvalue weighted by Gasteiger charge is -2.08. The summed E-state index contributed by atoms with van der Waals surface area (Å²) < 4.78 is 12.8. The summed E-state index contributed by atoms with van der Waals surface area (Å²) in [5.41, 5.74) is 5.91. The highest BCUT2D eigenvalue weighted by molar-refractivity contribution is 5.80. The molecule has 0 aliphatic heterocycles. The SMILES string of the molecule is NCC(O)C(=O)NCCc1cccc(F)c1. The van der Waals surface area contributed by atoms with Crippen molar-refractivity contribution in [2.24, 2.45) is 5.73 Å². The van der Waals surface area contributed by atoms with Gasteiger partial charge in [-0.05, 0) is 24.1 Å². The molecule has 88 valence electrons. The van der Waals surface area contributed by atoms with Crippen LogP contribution in [0.4, 0.5) is 4.39 Å². The van der Waals surface area contributed by atoms with Crippen LogP contribution in [0.2, 0.25) is 0 Å². The van der Waals surface area contributed by atoms with Crippen LogP contribution in [0.3, 0.4) is 0 Å². The van der Waals surface area contributed by atoms with Crippen molar-refractivity contribution in [2.75, 3.05) is 13.1 Å². The van der Waals surface area contributed by atoms with E-state index in [-0.39, 0.29) is 12.4 Å². The first-order chi connectivity index (χ1) is 7.63. The van der Waals surface area contributed by atoms with E-state index >= 15 is 0 Å². The van der Waals surface area contributed by atoms with Crippen molar-refractivity contribution in [1.82, 2.24) is 5.32 Å². The Morgan fingerprint density at radius 2 is 2.31 bits per heavy atom. The Labute approximate surface area is 93.3 Å². The molecule has 0 bridgehead atoms. The van der Waals surface area contributed by atoms with Gasteiger partial charge in [0, 0.05) is 13.1 Å². The van der Waals surface area contributed by atoms with Crippen molar-refractivity contribution in [3.8, 4) is 0 Å². The third-order valence-electron chi connectivity index (χ3n) is 2.13. The fourth-order valence-electron chi connectivity index (χ4n) is 1.25. The summed E-state index contributed by atoms with van der Waals surface area (Å²) in [6.07, 6.45) is -0.659. The molecule has 1 unspecified atom stereocenters. The third kappa shape index (κ3) is 3.96. The summed E-state index contributed by atoms with van der Waals surface area (Å²) in [6.45, 7) is 0.241. The van der Waals surface area contributed by atoms with E-state index in [9.17, 15) is 9.18 Å². The maximum atomic E-state index is 12.8. The topological polar surface area (TPSA) is 75.3 Å². The molecule has 1 rings (SSSR count). The Bertz CT molecular complexity index is 358. The molecule has 16 heavy (non-hydrogen) atoms. The van der Waals surface area contributed by atoms with Crippen molar-refractivity contribution in [3.63, 3.8) is 0 Å². The Hall–Kier alpha value is -1.46. The van der Waals surface area contributed by atoms with E-state index in [1.54, 1.807) is 12.1 Å².